The van der Waals surface area contributed by atoms with Gasteiger partial charge in [0.1, 0.15) is 6.67 Å². The van der Waals surface area contributed by atoms with Crippen LogP contribution in [0.15, 0.2) is 58.6 Å². The van der Waals surface area contributed by atoms with Gasteiger partial charge in [0, 0.05) is 12.0 Å². The van der Waals surface area contributed by atoms with E-state index in [4.69, 9.17) is 10.0 Å². The van der Waals surface area contributed by atoms with Crippen molar-refractivity contribution in [3.63, 3.8) is 0 Å². The number of halogens is 1. The van der Waals surface area contributed by atoms with Gasteiger partial charge in [-0.15, -0.1) is 0 Å². The highest BCUT2D eigenvalue weighted by molar-refractivity contribution is 7.91. The van der Waals surface area contributed by atoms with Gasteiger partial charge in [-0.1, -0.05) is 18.2 Å². The van der Waals surface area contributed by atoms with Crippen LogP contribution < -0.4 is 10.2 Å². The quantitative estimate of drug-likeness (QED) is 0.768. The number of nitrogens with one attached hydrogen (secondary N) is 2. The van der Waals surface area contributed by atoms with Crippen molar-refractivity contribution < 1.29 is 13.4 Å². The number of hydrogen-bond donors (Lipinski definition) is 2. The minimum Gasteiger partial charge on any atom is -0.326 e. The van der Waals surface area contributed by atoms with Crippen LogP contribution in [0.3, 0.4) is 0 Å². The van der Waals surface area contributed by atoms with E-state index in [0.717, 1.165) is 0 Å². The van der Waals surface area contributed by atoms with Crippen LogP contribution in [0.5, 0.6) is 0 Å². The number of carbonyl (C=O) groups excluding carboxylic acids is 1. The Morgan fingerprint density at radius 3 is 2.57 bits per heavy atom. The van der Waals surface area contributed by atoms with Crippen molar-refractivity contribution >= 4 is 21.4 Å². The molecule has 2 aromatic carbocycles. The van der Waals surface area contributed by atoms with Crippen LogP contribution >= 0.6 is 0 Å². The number of benzene rings is 2. The van der Waals surface area contributed by atoms with E-state index in [1.54, 1.807) is 25.1 Å². The number of urea groups is 1. The molecule has 1 aliphatic heterocycles. The molecule has 0 saturated heterocycles. The lowest BCUT2D eigenvalue weighted by Gasteiger charge is -2.34. The first-order valence-electron chi connectivity index (χ1n) is 8.85. The van der Waals surface area contributed by atoms with Crippen molar-refractivity contribution in [3.05, 3.63) is 70.4 Å². The van der Waals surface area contributed by atoms with Gasteiger partial charge in [0.25, 0.3) is 0 Å². The maximum absolute atomic E-state index is 13.1. The molecule has 30 heavy (non-hydrogen) atoms. The second-order valence-electron chi connectivity index (χ2n) is 6.84. The van der Waals surface area contributed by atoms with E-state index in [-0.39, 0.29) is 16.0 Å². The highest BCUT2D eigenvalue weighted by Gasteiger charge is 2.35. The molecule has 2 N–H and O–H groups in total. The molecule has 0 saturated carbocycles. The largest absolute Gasteiger partial charge is 0.327 e. The number of carbonyl (C=O) groups is 1. The maximum atomic E-state index is 13.1. The van der Waals surface area contributed by atoms with Crippen molar-refractivity contribution in [3.8, 4) is 12.1 Å². The van der Waals surface area contributed by atoms with E-state index in [2.05, 4.69) is 11.4 Å². The fourth-order valence-corrected chi connectivity index (χ4v) is 4.38. The van der Waals surface area contributed by atoms with Crippen LogP contribution in [-0.4, -0.2) is 16.5 Å². The molecule has 1 heterocycles. The van der Waals surface area contributed by atoms with Crippen LogP contribution in [0.1, 0.15) is 29.7 Å². The van der Waals surface area contributed by atoms with Crippen LogP contribution in [0.2, 0.25) is 0 Å². The lowest BCUT2D eigenvalue weighted by atomic mass is 9.94. The summed E-state index contributed by atoms with van der Waals surface area (Å²) in [5.74, 6) is 0. The number of hydrogen-bond acceptors (Lipinski definition) is 5. The third-order valence-corrected chi connectivity index (χ3v) is 5.99. The molecule has 0 aliphatic carbocycles. The number of nitriles is 2. The molecule has 0 aromatic heterocycles. The molecule has 2 atom stereocenters. The van der Waals surface area contributed by atoms with Crippen molar-refractivity contribution in [1.82, 2.24) is 5.32 Å². The van der Waals surface area contributed by atoms with E-state index in [0.29, 0.717) is 22.5 Å². The van der Waals surface area contributed by atoms with Crippen molar-refractivity contribution in [2.45, 2.75) is 24.5 Å². The Kier molecular flexibility index (Phi) is 5.59. The highest BCUT2D eigenvalue weighted by atomic mass is 32.2. The SMILES string of the molecule is CC1=C(C#N)[C@@H](c2ccc(C#N)cc2[S@@](C)(=N)=O)NC(=O)N1c1cccc(CF)c1. The first-order chi connectivity index (χ1) is 14.2. The average molecular weight is 423 g/mol. The van der Waals surface area contributed by atoms with E-state index >= 15 is 0 Å². The molecule has 0 bridgehead atoms. The van der Waals surface area contributed by atoms with Crippen LogP contribution in [0, 0.1) is 27.4 Å². The number of rotatable bonds is 4. The fraction of sp³-hybridized carbons (Fsp3) is 0.190. The second-order valence-corrected chi connectivity index (χ2v) is 8.97. The molecule has 1 aliphatic rings. The molecule has 3 rings (SSSR count). The van der Waals surface area contributed by atoms with Gasteiger partial charge in [-0.05, 0) is 42.3 Å². The zero-order chi connectivity index (χ0) is 22.1. The molecular weight excluding hydrogens is 405 g/mol. The minimum absolute atomic E-state index is 0.0836. The molecular formula is C21H18FN5O2S. The molecule has 9 heteroatoms. The highest BCUT2D eigenvalue weighted by Crippen LogP contribution is 2.36. The molecule has 0 radical (unpaired) electrons. The van der Waals surface area contributed by atoms with Gasteiger partial charge in [-0.25, -0.2) is 18.2 Å². The van der Waals surface area contributed by atoms with E-state index in [1.165, 1.54) is 35.4 Å². The predicted octanol–water partition coefficient (Wildman–Crippen LogP) is 4.13. The van der Waals surface area contributed by atoms with Gasteiger partial charge in [-0.3, -0.25) is 4.90 Å². The Morgan fingerprint density at radius 2 is 1.97 bits per heavy atom. The molecule has 2 aromatic rings. The molecule has 0 fully saturated rings. The van der Waals surface area contributed by atoms with Gasteiger partial charge in [-0.2, -0.15) is 10.5 Å². The van der Waals surface area contributed by atoms with E-state index < -0.39 is 28.5 Å². The third kappa shape index (κ3) is 3.76. The lowest BCUT2D eigenvalue weighted by molar-refractivity contribution is 0.243. The molecule has 2 amide bonds. The standard InChI is InChI=1S/C21H18FN5O2S/c1-13-18(12-24)20(17-7-6-15(11-23)9-19(17)30(2,25)29)26-21(28)27(13)16-5-3-4-14(8-16)10-22/h3-9,20,25H,10H2,1-2H3,(H,26,28)/t20-,30+/m1/s1. The summed E-state index contributed by atoms with van der Waals surface area (Å²) < 4.78 is 33.6. The summed E-state index contributed by atoms with van der Waals surface area (Å²) in [6, 6.07) is 13.2. The monoisotopic (exact) mass is 423 g/mol. The molecule has 152 valence electrons. The van der Waals surface area contributed by atoms with Gasteiger partial charge in [0.2, 0.25) is 0 Å². The maximum Gasteiger partial charge on any atom is 0.327 e. The van der Waals surface area contributed by atoms with Gasteiger partial charge >= 0.3 is 6.03 Å². The van der Waals surface area contributed by atoms with Crippen molar-refractivity contribution in [2.24, 2.45) is 0 Å². The Balaban J connectivity index is 2.19. The Hall–Kier alpha value is -3.69. The summed E-state index contributed by atoms with van der Waals surface area (Å²) in [4.78, 5) is 14.3. The first-order valence-corrected chi connectivity index (χ1v) is 10.8. The third-order valence-electron chi connectivity index (χ3n) is 4.80. The fourth-order valence-electron chi connectivity index (χ4n) is 3.39. The van der Waals surface area contributed by atoms with E-state index in [1.807, 2.05) is 6.07 Å². The summed E-state index contributed by atoms with van der Waals surface area (Å²) >= 11 is 0. The number of anilines is 1. The molecule has 0 unspecified atom stereocenters. The van der Waals surface area contributed by atoms with E-state index in [9.17, 15) is 18.7 Å². The van der Waals surface area contributed by atoms with Gasteiger partial charge in [0.15, 0.2) is 0 Å². The Morgan fingerprint density at radius 1 is 1.23 bits per heavy atom. The lowest BCUT2D eigenvalue weighted by Crippen LogP contribution is -2.46. The molecule has 7 nitrogen and oxygen atoms in total. The normalized spacial score (nSPS) is 18.2. The summed E-state index contributed by atoms with van der Waals surface area (Å²) in [6.07, 6.45) is 1.22. The second kappa shape index (κ2) is 7.97. The zero-order valence-corrected chi connectivity index (χ0v) is 17.1. The smallest absolute Gasteiger partial charge is 0.326 e. The number of nitrogens with zero attached hydrogens (tertiary/aromatic N) is 3. The zero-order valence-electron chi connectivity index (χ0n) is 16.3. The van der Waals surface area contributed by atoms with Crippen LogP contribution in [-0.2, 0) is 16.4 Å². The Labute approximate surface area is 174 Å². The average Bonchev–Trinajstić information content (AvgIpc) is 2.72. The van der Waals surface area contributed by atoms with Crippen LogP contribution in [0.25, 0.3) is 0 Å². The van der Waals surface area contributed by atoms with Gasteiger partial charge < -0.3 is 5.32 Å². The predicted molar refractivity (Wildman–Crippen MR) is 110 cm³/mol. The summed E-state index contributed by atoms with van der Waals surface area (Å²) in [5.41, 5.74) is 1.87. The van der Waals surface area contributed by atoms with Gasteiger partial charge in [0.05, 0.1) is 49.6 Å². The minimum atomic E-state index is -3.25. The summed E-state index contributed by atoms with van der Waals surface area (Å²) in [6.45, 7) is 0.905. The summed E-state index contributed by atoms with van der Waals surface area (Å²) in [7, 11) is -3.25. The number of amides is 2. The molecule has 0 spiro atoms. The van der Waals surface area contributed by atoms with Crippen molar-refractivity contribution in [1.29, 1.82) is 15.3 Å². The topological polar surface area (TPSA) is 121 Å². The number of allylic oxidation sites excluding steroid dienone is 1. The summed E-state index contributed by atoms with van der Waals surface area (Å²) in [5, 5.41) is 21.7. The van der Waals surface area contributed by atoms with Crippen molar-refractivity contribution in [2.75, 3.05) is 11.2 Å². The van der Waals surface area contributed by atoms with Crippen LogP contribution in [0.4, 0.5) is 14.9 Å². The Bertz CT molecular complexity index is 1250. The number of alkyl halides is 1. The first kappa shape index (κ1) is 21.0.